The van der Waals surface area contributed by atoms with E-state index in [9.17, 15) is 26.3 Å². The van der Waals surface area contributed by atoms with Gasteiger partial charge in [0.1, 0.15) is 0 Å². The molecule has 0 unspecified atom stereocenters. The molecule has 23 heavy (non-hydrogen) atoms. The van der Waals surface area contributed by atoms with Crippen molar-refractivity contribution in [1.29, 1.82) is 0 Å². The molecule has 0 aliphatic heterocycles. The molecule has 0 heterocycles. The Morgan fingerprint density at radius 2 is 1.09 bits per heavy atom. The standard InChI is InChI=1S/C15H23F6NO/c16-14(17,18)13(15(19,20)21)9-1-5-11(6-2-9)23-12-7-3-10(22)4-8-12/h9-13H,1-8,22H2. The van der Waals surface area contributed by atoms with Crippen LogP contribution in [0.2, 0.25) is 0 Å². The maximum Gasteiger partial charge on any atom is 0.400 e. The average molecular weight is 347 g/mol. The van der Waals surface area contributed by atoms with Gasteiger partial charge >= 0.3 is 12.4 Å². The lowest BCUT2D eigenvalue weighted by molar-refractivity contribution is -0.302. The zero-order chi connectivity index (χ0) is 17.3. The van der Waals surface area contributed by atoms with Gasteiger partial charge in [-0.05, 0) is 57.3 Å². The number of hydrogen-bond acceptors (Lipinski definition) is 2. The van der Waals surface area contributed by atoms with Crippen molar-refractivity contribution < 1.29 is 31.1 Å². The van der Waals surface area contributed by atoms with Gasteiger partial charge in [-0.3, -0.25) is 0 Å². The van der Waals surface area contributed by atoms with Crippen LogP contribution in [0.15, 0.2) is 0 Å². The van der Waals surface area contributed by atoms with E-state index in [4.69, 9.17) is 10.5 Å². The fourth-order valence-electron chi connectivity index (χ4n) is 3.77. The van der Waals surface area contributed by atoms with Crippen LogP contribution in [0.4, 0.5) is 26.3 Å². The van der Waals surface area contributed by atoms with Gasteiger partial charge in [-0.15, -0.1) is 0 Å². The Balaban J connectivity index is 1.85. The average Bonchev–Trinajstić information content (AvgIpc) is 2.40. The molecule has 8 heteroatoms. The maximum atomic E-state index is 12.7. The Kier molecular flexibility index (Phi) is 5.87. The second kappa shape index (κ2) is 7.17. The Hall–Kier alpha value is -0.500. The Labute approximate surface area is 131 Å². The van der Waals surface area contributed by atoms with Crippen LogP contribution in [-0.2, 0) is 4.74 Å². The second-order valence-electron chi connectivity index (χ2n) is 6.77. The third-order valence-corrected chi connectivity index (χ3v) is 5.00. The van der Waals surface area contributed by atoms with E-state index >= 15 is 0 Å². The van der Waals surface area contributed by atoms with Gasteiger partial charge in [0.15, 0.2) is 5.92 Å². The molecule has 2 N–H and O–H groups in total. The van der Waals surface area contributed by atoms with Gasteiger partial charge in [0, 0.05) is 6.04 Å². The molecule has 2 aliphatic rings. The number of alkyl halides is 6. The van der Waals surface area contributed by atoms with E-state index in [0.717, 1.165) is 25.7 Å². The van der Waals surface area contributed by atoms with Crippen molar-refractivity contribution in [2.75, 3.05) is 0 Å². The zero-order valence-electron chi connectivity index (χ0n) is 12.8. The van der Waals surface area contributed by atoms with E-state index < -0.39 is 24.2 Å². The molecule has 2 aliphatic carbocycles. The van der Waals surface area contributed by atoms with E-state index in [1.54, 1.807) is 0 Å². The molecule has 0 saturated heterocycles. The molecule has 0 aromatic heterocycles. The van der Waals surface area contributed by atoms with Crippen LogP contribution in [0.5, 0.6) is 0 Å². The first-order valence-electron chi connectivity index (χ1n) is 8.12. The van der Waals surface area contributed by atoms with Crippen LogP contribution in [0.3, 0.4) is 0 Å². The third kappa shape index (κ3) is 5.24. The molecule has 136 valence electrons. The molecule has 0 spiro atoms. The summed E-state index contributed by atoms with van der Waals surface area (Å²) in [5, 5.41) is 0. The highest BCUT2D eigenvalue weighted by atomic mass is 19.4. The molecule has 0 aromatic rings. The summed E-state index contributed by atoms with van der Waals surface area (Å²) in [5.41, 5.74) is 5.79. The summed E-state index contributed by atoms with van der Waals surface area (Å²) in [6, 6.07) is 0.171. The van der Waals surface area contributed by atoms with Crippen molar-refractivity contribution in [2.45, 2.75) is 82.0 Å². The van der Waals surface area contributed by atoms with Crippen molar-refractivity contribution in [3.8, 4) is 0 Å². The van der Waals surface area contributed by atoms with Gasteiger partial charge < -0.3 is 10.5 Å². The van der Waals surface area contributed by atoms with Crippen LogP contribution in [-0.4, -0.2) is 30.6 Å². The Morgan fingerprint density at radius 3 is 1.48 bits per heavy atom. The topological polar surface area (TPSA) is 35.2 Å². The predicted octanol–water partition coefficient (Wildman–Crippen LogP) is 4.57. The van der Waals surface area contributed by atoms with Gasteiger partial charge in [0.25, 0.3) is 0 Å². The highest BCUT2D eigenvalue weighted by Crippen LogP contribution is 2.48. The lowest BCUT2D eigenvalue weighted by Crippen LogP contribution is -2.44. The largest absolute Gasteiger partial charge is 0.400 e. The van der Waals surface area contributed by atoms with Crippen molar-refractivity contribution in [1.82, 2.24) is 0 Å². The Bertz CT molecular complexity index is 353. The highest BCUT2D eigenvalue weighted by Gasteiger charge is 2.60. The van der Waals surface area contributed by atoms with Crippen LogP contribution in [0, 0.1) is 11.8 Å². The minimum atomic E-state index is -5.24. The number of rotatable bonds is 3. The smallest absolute Gasteiger partial charge is 0.375 e. The third-order valence-electron chi connectivity index (χ3n) is 5.00. The van der Waals surface area contributed by atoms with Crippen molar-refractivity contribution in [2.24, 2.45) is 17.6 Å². The second-order valence-corrected chi connectivity index (χ2v) is 6.77. The zero-order valence-corrected chi connectivity index (χ0v) is 12.8. The molecule has 0 bridgehead atoms. The normalized spacial score (nSPS) is 33.9. The minimum absolute atomic E-state index is 0.0392. The van der Waals surface area contributed by atoms with Gasteiger partial charge in [-0.2, -0.15) is 26.3 Å². The van der Waals surface area contributed by atoms with Gasteiger partial charge in [0.05, 0.1) is 12.2 Å². The van der Waals surface area contributed by atoms with Crippen molar-refractivity contribution in [3.63, 3.8) is 0 Å². The Morgan fingerprint density at radius 1 is 0.696 bits per heavy atom. The number of hydrogen-bond donors (Lipinski definition) is 1. The molecule has 2 fully saturated rings. The lowest BCUT2D eigenvalue weighted by Gasteiger charge is -2.37. The number of halogens is 6. The van der Waals surface area contributed by atoms with E-state index in [1.165, 1.54) is 0 Å². The fraction of sp³-hybridized carbons (Fsp3) is 1.00. The summed E-state index contributed by atoms with van der Waals surface area (Å²) in [4.78, 5) is 0. The molecular formula is C15H23F6NO. The maximum absolute atomic E-state index is 12.7. The number of ether oxygens (including phenoxy) is 1. The molecular weight excluding hydrogens is 324 g/mol. The summed E-state index contributed by atoms with van der Waals surface area (Å²) in [6.07, 6.45) is -7.01. The summed E-state index contributed by atoms with van der Waals surface area (Å²) in [5.74, 6) is -4.61. The predicted molar refractivity (Wildman–Crippen MR) is 72.7 cm³/mol. The fourth-order valence-corrected chi connectivity index (χ4v) is 3.77. The minimum Gasteiger partial charge on any atom is -0.375 e. The van der Waals surface area contributed by atoms with Crippen molar-refractivity contribution >= 4 is 0 Å². The van der Waals surface area contributed by atoms with E-state index in [2.05, 4.69) is 0 Å². The summed E-state index contributed by atoms with van der Waals surface area (Å²) >= 11 is 0. The van der Waals surface area contributed by atoms with Gasteiger partial charge in [-0.25, -0.2) is 0 Å². The molecule has 0 atom stereocenters. The molecule has 0 radical (unpaired) electrons. The first kappa shape index (κ1) is 18.8. The summed E-state index contributed by atoms with van der Waals surface area (Å²) < 4.78 is 82.3. The molecule has 2 rings (SSSR count). The highest BCUT2D eigenvalue weighted by molar-refractivity contribution is 4.87. The molecule has 2 saturated carbocycles. The van der Waals surface area contributed by atoms with E-state index in [-0.39, 0.29) is 43.9 Å². The van der Waals surface area contributed by atoms with Crippen molar-refractivity contribution in [3.05, 3.63) is 0 Å². The molecule has 0 aromatic carbocycles. The van der Waals surface area contributed by atoms with Gasteiger partial charge in [-0.1, -0.05) is 0 Å². The van der Waals surface area contributed by atoms with Crippen LogP contribution < -0.4 is 5.73 Å². The van der Waals surface area contributed by atoms with E-state index in [1.807, 2.05) is 0 Å². The first-order chi connectivity index (χ1) is 10.6. The monoisotopic (exact) mass is 347 g/mol. The summed E-state index contributed by atoms with van der Waals surface area (Å²) in [7, 11) is 0. The SMILES string of the molecule is NC1CCC(OC2CCC(C(C(F)(F)F)C(F)(F)F)CC2)CC1. The first-order valence-corrected chi connectivity index (χ1v) is 8.12. The molecule has 0 amide bonds. The van der Waals surface area contributed by atoms with Gasteiger partial charge in [0.2, 0.25) is 0 Å². The van der Waals surface area contributed by atoms with Crippen LogP contribution in [0.25, 0.3) is 0 Å². The number of nitrogens with two attached hydrogens (primary N) is 1. The summed E-state index contributed by atoms with van der Waals surface area (Å²) in [6.45, 7) is 0. The molecule has 2 nitrogen and oxygen atoms in total. The lowest BCUT2D eigenvalue weighted by atomic mass is 9.78. The van der Waals surface area contributed by atoms with Crippen LogP contribution in [0.1, 0.15) is 51.4 Å². The van der Waals surface area contributed by atoms with Crippen LogP contribution >= 0.6 is 0 Å². The quantitative estimate of drug-likeness (QED) is 0.759. The van der Waals surface area contributed by atoms with E-state index in [0.29, 0.717) is 0 Å².